The maximum atomic E-state index is 5.79. The van der Waals surface area contributed by atoms with Crippen LogP contribution in [0.2, 0.25) is 5.15 Å². The first-order chi connectivity index (χ1) is 7.05. The van der Waals surface area contributed by atoms with Gasteiger partial charge in [-0.2, -0.15) is 0 Å². The van der Waals surface area contributed by atoms with Crippen molar-refractivity contribution in [2.24, 2.45) is 5.41 Å². The standard InChI is InChI=1S/C11H17ClN2S/c1-11(2)5-3-4-8(6-11)13-10-14-9(12)7-15-10/h7-8H,3-6H2,1-2H3,(H,13,14). The first kappa shape index (κ1) is 11.2. The number of nitrogens with zero attached hydrogens (tertiary/aromatic N) is 1. The van der Waals surface area contributed by atoms with Crippen LogP contribution >= 0.6 is 22.9 Å². The van der Waals surface area contributed by atoms with Gasteiger partial charge in [-0.15, -0.1) is 11.3 Å². The summed E-state index contributed by atoms with van der Waals surface area (Å²) in [5.74, 6) is 0. The zero-order valence-corrected chi connectivity index (χ0v) is 10.8. The largest absolute Gasteiger partial charge is 0.359 e. The van der Waals surface area contributed by atoms with Gasteiger partial charge in [0, 0.05) is 11.4 Å². The van der Waals surface area contributed by atoms with Gasteiger partial charge in [-0.25, -0.2) is 4.98 Å². The van der Waals surface area contributed by atoms with E-state index in [9.17, 15) is 0 Å². The quantitative estimate of drug-likeness (QED) is 0.844. The molecular formula is C11H17ClN2S. The molecule has 84 valence electrons. The van der Waals surface area contributed by atoms with Gasteiger partial charge in [0.05, 0.1) is 0 Å². The maximum absolute atomic E-state index is 5.79. The van der Waals surface area contributed by atoms with Gasteiger partial charge < -0.3 is 5.32 Å². The predicted octanol–water partition coefficient (Wildman–Crippen LogP) is 4.18. The van der Waals surface area contributed by atoms with E-state index in [0.29, 0.717) is 16.6 Å². The number of rotatable bonds is 2. The van der Waals surface area contributed by atoms with Crippen LogP contribution in [0, 0.1) is 5.41 Å². The van der Waals surface area contributed by atoms with Crippen LogP contribution in [0.4, 0.5) is 5.13 Å². The molecule has 1 aromatic heterocycles. The normalized spacial score (nSPS) is 25.1. The number of hydrogen-bond donors (Lipinski definition) is 1. The molecule has 1 unspecified atom stereocenters. The second-order valence-corrected chi connectivity index (χ2v) is 6.32. The molecule has 0 aromatic carbocycles. The molecule has 4 heteroatoms. The monoisotopic (exact) mass is 244 g/mol. The summed E-state index contributed by atoms with van der Waals surface area (Å²) in [6, 6.07) is 0.566. The fourth-order valence-electron chi connectivity index (χ4n) is 2.32. The number of nitrogens with one attached hydrogen (secondary N) is 1. The molecule has 1 fully saturated rings. The second kappa shape index (κ2) is 4.30. The third-order valence-corrected chi connectivity index (χ3v) is 4.11. The first-order valence-corrected chi connectivity index (χ1v) is 6.68. The van der Waals surface area contributed by atoms with E-state index in [4.69, 9.17) is 11.6 Å². The molecule has 0 saturated heterocycles. The van der Waals surface area contributed by atoms with Crippen molar-refractivity contribution in [3.63, 3.8) is 0 Å². The lowest BCUT2D eigenvalue weighted by molar-refractivity contribution is 0.229. The Balaban J connectivity index is 1.95. The average Bonchev–Trinajstić information content (AvgIpc) is 2.49. The van der Waals surface area contributed by atoms with Gasteiger partial charge in [-0.1, -0.05) is 31.9 Å². The lowest BCUT2D eigenvalue weighted by Gasteiger charge is -2.35. The molecule has 1 aliphatic carbocycles. The Kier molecular flexibility index (Phi) is 3.21. The van der Waals surface area contributed by atoms with Gasteiger partial charge in [0.2, 0.25) is 0 Å². The summed E-state index contributed by atoms with van der Waals surface area (Å²) in [6.07, 6.45) is 5.12. The van der Waals surface area contributed by atoms with E-state index in [1.54, 1.807) is 11.3 Å². The summed E-state index contributed by atoms with van der Waals surface area (Å²) < 4.78 is 0. The predicted molar refractivity (Wildman–Crippen MR) is 66.8 cm³/mol. The highest BCUT2D eigenvalue weighted by Crippen LogP contribution is 2.36. The van der Waals surface area contributed by atoms with Crippen LogP contribution in [0.3, 0.4) is 0 Å². The highest BCUT2D eigenvalue weighted by Gasteiger charge is 2.28. The van der Waals surface area contributed by atoms with Crippen molar-refractivity contribution in [2.75, 3.05) is 5.32 Å². The van der Waals surface area contributed by atoms with Crippen LogP contribution < -0.4 is 5.32 Å². The minimum atomic E-state index is 0.469. The molecular weight excluding hydrogens is 228 g/mol. The summed E-state index contributed by atoms with van der Waals surface area (Å²) in [4.78, 5) is 4.23. The second-order valence-electron chi connectivity index (χ2n) is 5.08. The molecule has 0 radical (unpaired) electrons. The summed E-state index contributed by atoms with van der Waals surface area (Å²) in [6.45, 7) is 4.69. The summed E-state index contributed by atoms with van der Waals surface area (Å²) in [5.41, 5.74) is 0.469. The lowest BCUT2D eigenvalue weighted by atomic mass is 9.75. The van der Waals surface area contributed by atoms with Crippen LogP contribution in [-0.2, 0) is 0 Å². The number of thiazole rings is 1. The van der Waals surface area contributed by atoms with E-state index in [0.717, 1.165) is 5.13 Å². The molecule has 1 atom stereocenters. The fourth-order valence-corrected chi connectivity index (χ4v) is 3.23. The molecule has 1 aromatic rings. The summed E-state index contributed by atoms with van der Waals surface area (Å²) in [5, 5.41) is 6.91. The Labute approximate surface area is 100 Å². The SMILES string of the molecule is CC1(C)CCCC(Nc2nc(Cl)cs2)C1. The highest BCUT2D eigenvalue weighted by atomic mass is 35.5. The Morgan fingerprint density at radius 3 is 3.00 bits per heavy atom. The van der Waals surface area contributed by atoms with Gasteiger partial charge in [-0.3, -0.25) is 0 Å². The third kappa shape index (κ3) is 3.08. The molecule has 1 heterocycles. The molecule has 0 amide bonds. The third-order valence-electron chi connectivity index (χ3n) is 3.01. The smallest absolute Gasteiger partial charge is 0.184 e. The van der Waals surface area contributed by atoms with Gasteiger partial charge in [-0.05, 0) is 24.7 Å². The minimum absolute atomic E-state index is 0.469. The average molecular weight is 245 g/mol. The maximum Gasteiger partial charge on any atom is 0.184 e. The first-order valence-electron chi connectivity index (χ1n) is 5.43. The van der Waals surface area contributed by atoms with Crippen LogP contribution in [-0.4, -0.2) is 11.0 Å². The van der Waals surface area contributed by atoms with E-state index in [1.165, 1.54) is 25.7 Å². The zero-order chi connectivity index (χ0) is 10.9. The van der Waals surface area contributed by atoms with E-state index >= 15 is 0 Å². The number of aromatic nitrogens is 1. The molecule has 0 aliphatic heterocycles. The highest BCUT2D eigenvalue weighted by molar-refractivity contribution is 7.14. The molecule has 1 saturated carbocycles. The number of anilines is 1. The van der Waals surface area contributed by atoms with Crippen molar-refractivity contribution in [3.8, 4) is 0 Å². The van der Waals surface area contributed by atoms with Crippen molar-refractivity contribution in [1.82, 2.24) is 4.98 Å². The Morgan fingerprint density at radius 1 is 1.60 bits per heavy atom. The molecule has 0 bridgehead atoms. The molecule has 15 heavy (non-hydrogen) atoms. The topological polar surface area (TPSA) is 24.9 Å². The lowest BCUT2D eigenvalue weighted by Crippen LogP contribution is -2.31. The molecule has 2 nitrogen and oxygen atoms in total. The van der Waals surface area contributed by atoms with E-state index < -0.39 is 0 Å². The van der Waals surface area contributed by atoms with E-state index in [1.807, 2.05) is 5.38 Å². The van der Waals surface area contributed by atoms with Crippen molar-refractivity contribution >= 4 is 28.1 Å². The van der Waals surface area contributed by atoms with Crippen LogP contribution in [0.15, 0.2) is 5.38 Å². The fraction of sp³-hybridized carbons (Fsp3) is 0.727. The molecule has 1 aliphatic rings. The summed E-state index contributed by atoms with van der Waals surface area (Å²) in [7, 11) is 0. The Morgan fingerprint density at radius 2 is 2.40 bits per heavy atom. The van der Waals surface area contributed by atoms with Crippen molar-refractivity contribution in [1.29, 1.82) is 0 Å². The van der Waals surface area contributed by atoms with E-state index in [2.05, 4.69) is 24.1 Å². The van der Waals surface area contributed by atoms with Gasteiger partial charge >= 0.3 is 0 Å². The Bertz CT molecular complexity index is 335. The summed E-state index contributed by atoms with van der Waals surface area (Å²) >= 11 is 7.38. The zero-order valence-electron chi connectivity index (χ0n) is 9.22. The van der Waals surface area contributed by atoms with Crippen LogP contribution in [0.1, 0.15) is 39.5 Å². The van der Waals surface area contributed by atoms with Gasteiger partial charge in [0.15, 0.2) is 5.13 Å². The van der Waals surface area contributed by atoms with E-state index in [-0.39, 0.29) is 0 Å². The van der Waals surface area contributed by atoms with Gasteiger partial charge in [0.25, 0.3) is 0 Å². The number of halogens is 1. The van der Waals surface area contributed by atoms with Crippen molar-refractivity contribution in [3.05, 3.63) is 10.5 Å². The van der Waals surface area contributed by atoms with Crippen molar-refractivity contribution in [2.45, 2.75) is 45.6 Å². The van der Waals surface area contributed by atoms with Gasteiger partial charge in [0.1, 0.15) is 5.15 Å². The van der Waals surface area contributed by atoms with Crippen molar-refractivity contribution < 1.29 is 0 Å². The molecule has 1 N–H and O–H groups in total. The molecule has 2 rings (SSSR count). The number of hydrogen-bond acceptors (Lipinski definition) is 3. The minimum Gasteiger partial charge on any atom is -0.359 e. The van der Waals surface area contributed by atoms with Crippen LogP contribution in [0.25, 0.3) is 0 Å². The van der Waals surface area contributed by atoms with Crippen LogP contribution in [0.5, 0.6) is 0 Å². The Hall–Kier alpha value is -0.280. The molecule has 0 spiro atoms.